The Morgan fingerprint density at radius 1 is 1.57 bits per heavy atom. The largest absolute Gasteiger partial charge is 0.383 e. The van der Waals surface area contributed by atoms with Gasteiger partial charge in [0.05, 0.1) is 24.4 Å². The molecule has 1 amide bonds. The molecule has 23 heavy (non-hydrogen) atoms. The number of ether oxygens (including phenoxy) is 1. The van der Waals surface area contributed by atoms with Gasteiger partial charge in [-0.2, -0.15) is 0 Å². The molecule has 0 aliphatic heterocycles. The van der Waals surface area contributed by atoms with Crippen LogP contribution in [-0.2, 0) is 16.1 Å². The van der Waals surface area contributed by atoms with E-state index >= 15 is 0 Å². The first kappa shape index (κ1) is 18.0. The summed E-state index contributed by atoms with van der Waals surface area (Å²) in [7, 11) is 1.59. The van der Waals surface area contributed by atoms with Crippen LogP contribution < -0.4 is 10.9 Å². The summed E-state index contributed by atoms with van der Waals surface area (Å²) in [6.45, 7) is 4.83. The van der Waals surface area contributed by atoms with Crippen LogP contribution in [0.1, 0.15) is 20.3 Å². The third-order valence-corrected chi connectivity index (χ3v) is 5.27. The van der Waals surface area contributed by atoms with Gasteiger partial charge in [-0.1, -0.05) is 18.7 Å². The first-order chi connectivity index (χ1) is 11.1. The maximum atomic E-state index is 12.5. The fraction of sp³-hybridized carbons (Fsp3) is 0.533. The number of thiophene rings is 1. The second-order valence-electron chi connectivity index (χ2n) is 5.14. The third-order valence-electron chi connectivity index (χ3n) is 3.40. The maximum absolute atomic E-state index is 12.5. The predicted molar refractivity (Wildman–Crippen MR) is 94.4 cm³/mol. The molecule has 8 heteroatoms. The Morgan fingerprint density at radius 2 is 2.35 bits per heavy atom. The molecule has 0 saturated heterocycles. The minimum absolute atomic E-state index is 0.0534. The van der Waals surface area contributed by atoms with Crippen molar-refractivity contribution in [3.63, 3.8) is 0 Å². The molecule has 2 heterocycles. The number of rotatable bonds is 8. The molecule has 0 bridgehead atoms. The number of methoxy groups -OCH3 is 1. The quantitative estimate of drug-likeness (QED) is 0.580. The molecule has 1 unspecified atom stereocenters. The van der Waals surface area contributed by atoms with Crippen LogP contribution in [0.25, 0.3) is 10.2 Å². The first-order valence-corrected chi connectivity index (χ1v) is 9.32. The van der Waals surface area contributed by atoms with Crippen molar-refractivity contribution < 1.29 is 9.53 Å². The Kier molecular flexibility index (Phi) is 6.61. The summed E-state index contributed by atoms with van der Waals surface area (Å²) >= 11 is 2.66. The highest BCUT2D eigenvalue weighted by molar-refractivity contribution is 7.99. The molecule has 2 aromatic rings. The first-order valence-electron chi connectivity index (χ1n) is 7.46. The molecule has 0 fully saturated rings. The number of nitrogens with zero attached hydrogens (tertiary/aromatic N) is 2. The van der Waals surface area contributed by atoms with E-state index in [1.54, 1.807) is 11.7 Å². The fourth-order valence-corrected chi connectivity index (χ4v) is 3.58. The smallest absolute Gasteiger partial charge is 0.272 e. The van der Waals surface area contributed by atoms with Crippen molar-refractivity contribution in [1.29, 1.82) is 0 Å². The molecule has 2 rings (SSSR count). The number of nitrogens with one attached hydrogen (secondary N) is 1. The van der Waals surface area contributed by atoms with Crippen LogP contribution in [0.3, 0.4) is 0 Å². The number of thioether (sulfide) groups is 1. The molecule has 0 radical (unpaired) electrons. The van der Waals surface area contributed by atoms with Gasteiger partial charge in [0.2, 0.25) is 5.91 Å². The average Bonchev–Trinajstić information content (AvgIpc) is 3.00. The van der Waals surface area contributed by atoms with E-state index in [0.29, 0.717) is 28.5 Å². The zero-order chi connectivity index (χ0) is 16.8. The monoisotopic (exact) mass is 355 g/mol. The highest BCUT2D eigenvalue weighted by atomic mass is 32.2. The van der Waals surface area contributed by atoms with Gasteiger partial charge >= 0.3 is 0 Å². The average molecular weight is 355 g/mol. The van der Waals surface area contributed by atoms with Crippen LogP contribution in [0.5, 0.6) is 0 Å². The fourth-order valence-electron chi connectivity index (χ4n) is 1.96. The molecule has 0 aromatic carbocycles. The number of amides is 1. The Bertz CT molecular complexity index is 726. The SMILES string of the molecule is CCC(C)NC(=O)CSc1nc2ccsc2c(=O)n1CCOC. The van der Waals surface area contributed by atoms with E-state index in [4.69, 9.17) is 4.74 Å². The molecule has 126 valence electrons. The Morgan fingerprint density at radius 3 is 3.04 bits per heavy atom. The number of hydrogen-bond acceptors (Lipinski definition) is 6. The van der Waals surface area contributed by atoms with Gasteiger partial charge in [0.25, 0.3) is 5.56 Å². The van der Waals surface area contributed by atoms with Gasteiger partial charge in [-0.15, -0.1) is 11.3 Å². The summed E-state index contributed by atoms with van der Waals surface area (Å²) in [5.74, 6) is 0.182. The van der Waals surface area contributed by atoms with Gasteiger partial charge < -0.3 is 10.1 Å². The molecule has 0 aliphatic rings. The number of carbonyl (C=O) groups excluding carboxylic acids is 1. The van der Waals surface area contributed by atoms with E-state index in [9.17, 15) is 9.59 Å². The van der Waals surface area contributed by atoms with E-state index in [0.717, 1.165) is 6.42 Å². The summed E-state index contributed by atoms with van der Waals surface area (Å²) in [6, 6.07) is 1.97. The van der Waals surface area contributed by atoms with Crippen LogP contribution in [0.15, 0.2) is 21.4 Å². The molecular weight excluding hydrogens is 334 g/mol. The van der Waals surface area contributed by atoms with Crippen LogP contribution in [-0.4, -0.2) is 41.0 Å². The highest BCUT2D eigenvalue weighted by Crippen LogP contribution is 2.20. The van der Waals surface area contributed by atoms with Crippen molar-refractivity contribution in [3.8, 4) is 0 Å². The molecule has 1 N–H and O–H groups in total. The highest BCUT2D eigenvalue weighted by Gasteiger charge is 2.14. The van der Waals surface area contributed by atoms with Gasteiger partial charge in [-0.05, 0) is 24.8 Å². The summed E-state index contributed by atoms with van der Waals surface area (Å²) in [5, 5.41) is 5.32. The van der Waals surface area contributed by atoms with E-state index in [1.807, 2.05) is 25.3 Å². The lowest BCUT2D eigenvalue weighted by atomic mass is 10.3. The van der Waals surface area contributed by atoms with Crippen LogP contribution in [0.4, 0.5) is 0 Å². The topological polar surface area (TPSA) is 73.2 Å². The van der Waals surface area contributed by atoms with Gasteiger partial charge in [-0.3, -0.25) is 14.2 Å². The third kappa shape index (κ3) is 4.55. The zero-order valence-corrected chi connectivity index (χ0v) is 15.1. The molecule has 0 saturated carbocycles. The Labute approximate surface area is 143 Å². The summed E-state index contributed by atoms with van der Waals surface area (Å²) in [4.78, 5) is 29.0. The van der Waals surface area contributed by atoms with Crippen LogP contribution in [0, 0.1) is 0 Å². The zero-order valence-electron chi connectivity index (χ0n) is 13.5. The van der Waals surface area contributed by atoms with E-state index in [-0.39, 0.29) is 23.3 Å². The lowest BCUT2D eigenvalue weighted by Crippen LogP contribution is -2.33. The van der Waals surface area contributed by atoms with Crippen molar-refractivity contribution in [1.82, 2.24) is 14.9 Å². The number of carbonyl (C=O) groups is 1. The second-order valence-corrected chi connectivity index (χ2v) is 7.00. The number of hydrogen-bond donors (Lipinski definition) is 1. The van der Waals surface area contributed by atoms with Gasteiger partial charge in [-0.25, -0.2) is 4.98 Å². The lowest BCUT2D eigenvalue weighted by Gasteiger charge is -2.13. The molecular formula is C15H21N3O3S2. The van der Waals surface area contributed by atoms with E-state index < -0.39 is 0 Å². The summed E-state index contributed by atoms with van der Waals surface area (Å²) < 4.78 is 7.29. The molecule has 1 atom stereocenters. The van der Waals surface area contributed by atoms with Crippen molar-refractivity contribution >= 4 is 39.2 Å². The maximum Gasteiger partial charge on any atom is 0.272 e. The van der Waals surface area contributed by atoms with Crippen molar-refractivity contribution in [2.45, 2.75) is 38.0 Å². The Hall–Kier alpha value is -1.38. The number of fused-ring (bicyclic) bond motifs is 1. The minimum atomic E-state index is -0.0770. The van der Waals surface area contributed by atoms with Crippen molar-refractivity contribution in [2.24, 2.45) is 0 Å². The minimum Gasteiger partial charge on any atom is -0.383 e. The Balaban J connectivity index is 2.20. The van der Waals surface area contributed by atoms with E-state index in [1.165, 1.54) is 23.1 Å². The van der Waals surface area contributed by atoms with Gasteiger partial charge in [0.1, 0.15) is 4.70 Å². The predicted octanol–water partition coefficient (Wildman–Crippen LogP) is 2.11. The molecule has 0 aliphatic carbocycles. The summed E-state index contributed by atoms with van der Waals surface area (Å²) in [5.41, 5.74) is 0.602. The molecule has 6 nitrogen and oxygen atoms in total. The van der Waals surface area contributed by atoms with Crippen molar-refractivity contribution in [3.05, 3.63) is 21.8 Å². The lowest BCUT2D eigenvalue weighted by molar-refractivity contribution is -0.119. The van der Waals surface area contributed by atoms with Crippen LogP contribution >= 0.6 is 23.1 Å². The standard InChI is InChI=1S/C15H21N3O3S2/c1-4-10(2)16-12(19)9-23-15-17-11-5-8-22-13(11)14(20)18(15)6-7-21-3/h5,8,10H,4,6-7,9H2,1-3H3,(H,16,19). The van der Waals surface area contributed by atoms with Gasteiger partial charge in [0, 0.05) is 13.2 Å². The molecule has 0 spiro atoms. The van der Waals surface area contributed by atoms with E-state index in [2.05, 4.69) is 10.3 Å². The van der Waals surface area contributed by atoms with Crippen LogP contribution in [0.2, 0.25) is 0 Å². The number of aromatic nitrogens is 2. The van der Waals surface area contributed by atoms with Crippen molar-refractivity contribution in [2.75, 3.05) is 19.5 Å². The van der Waals surface area contributed by atoms with Gasteiger partial charge in [0.15, 0.2) is 5.16 Å². The molecule has 2 aromatic heterocycles. The normalized spacial score (nSPS) is 12.5. The second kappa shape index (κ2) is 8.47. The summed E-state index contributed by atoms with van der Waals surface area (Å²) in [6.07, 6.45) is 0.883.